The van der Waals surface area contributed by atoms with Crippen molar-refractivity contribution in [3.8, 4) is 11.5 Å². The number of carbonyl (C=O) groups excluding carboxylic acids is 3. The number of rotatable bonds is 8. The van der Waals surface area contributed by atoms with Crippen LogP contribution >= 0.6 is 11.3 Å². The smallest absolute Gasteiger partial charge is 0.322 e. The van der Waals surface area contributed by atoms with Gasteiger partial charge in [-0.1, -0.05) is 29.4 Å². The third-order valence-corrected chi connectivity index (χ3v) is 4.32. The molecule has 0 bridgehead atoms. The van der Waals surface area contributed by atoms with E-state index in [1.54, 1.807) is 29.6 Å². The standard InChI is InChI=1S/C18H15N3O5S/c22-13(14-7-4-10-27-14)8-9-16(24)25-11-15(23)19-18-21-20-17(26-18)12-5-2-1-3-6-12/h1-7,10H,8-9,11H2,(H,19,21,23). The van der Waals surface area contributed by atoms with Crippen molar-refractivity contribution in [3.63, 3.8) is 0 Å². The van der Waals surface area contributed by atoms with Crippen LogP contribution in [0.2, 0.25) is 0 Å². The van der Waals surface area contributed by atoms with Crippen LogP contribution in [0.1, 0.15) is 22.5 Å². The van der Waals surface area contributed by atoms with Crippen LogP contribution in [0.4, 0.5) is 6.01 Å². The molecule has 1 N–H and O–H groups in total. The van der Waals surface area contributed by atoms with Crippen molar-refractivity contribution < 1.29 is 23.5 Å². The van der Waals surface area contributed by atoms with Crippen LogP contribution < -0.4 is 5.32 Å². The molecule has 0 unspecified atom stereocenters. The van der Waals surface area contributed by atoms with Gasteiger partial charge in [-0.05, 0) is 23.6 Å². The van der Waals surface area contributed by atoms with Crippen molar-refractivity contribution in [2.75, 3.05) is 11.9 Å². The molecule has 3 rings (SSSR count). The minimum absolute atomic E-state index is 0.0328. The van der Waals surface area contributed by atoms with E-state index in [0.717, 1.165) is 0 Å². The number of anilines is 1. The van der Waals surface area contributed by atoms with Gasteiger partial charge in [-0.2, -0.15) is 0 Å². The third-order valence-electron chi connectivity index (χ3n) is 3.41. The van der Waals surface area contributed by atoms with Gasteiger partial charge in [0.25, 0.3) is 5.91 Å². The molecule has 3 aromatic rings. The highest BCUT2D eigenvalue weighted by Crippen LogP contribution is 2.19. The summed E-state index contributed by atoms with van der Waals surface area (Å²) in [6.07, 6.45) is -0.0617. The maximum atomic E-state index is 11.8. The first-order valence-corrected chi connectivity index (χ1v) is 8.91. The predicted molar refractivity (Wildman–Crippen MR) is 97.2 cm³/mol. The minimum atomic E-state index is -0.634. The Bertz CT molecular complexity index is 922. The number of ketones is 1. The van der Waals surface area contributed by atoms with Gasteiger partial charge in [0.15, 0.2) is 12.4 Å². The Hall–Kier alpha value is -3.33. The summed E-state index contributed by atoms with van der Waals surface area (Å²) in [7, 11) is 0. The highest BCUT2D eigenvalue weighted by Gasteiger charge is 2.14. The van der Waals surface area contributed by atoms with Gasteiger partial charge in [0.05, 0.1) is 11.3 Å². The second kappa shape index (κ2) is 8.86. The molecule has 0 saturated heterocycles. The fourth-order valence-electron chi connectivity index (χ4n) is 2.12. The molecule has 1 amide bonds. The lowest BCUT2D eigenvalue weighted by Gasteiger charge is -2.03. The molecule has 2 aromatic heterocycles. The van der Waals surface area contributed by atoms with E-state index in [-0.39, 0.29) is 30.5 Å². The molecule has 27 heavy (non-hydrogen) atoms. The number of carbonyl (C=O) groups is 3. The van der Waals surface area contributed by atoms with E-state index in [2.05, 4.69) is 15.5 Å². The first-order valence-electron chi connectivity index (χ1n) is 8.03. The number of Topliss-reactive ketones (excluding diaryl/α,β-unsaturated/α-hetero) is 1. The lowest BCUT2D eigenvalue weighted by Crippen LogP contribution is -2.21. The second-order valence-corrected chi connectivity index (χ2v) is 6.34. The number of thiophene rings is 1. The highest BCUT2D eigenvalue weighted by molar-refractivity contribution is 7.12. The van der Waals surface area contributed by atoms with Crippen LogP contribution in [-0.4, -0.2) is 34.5 Å². The monoisotopic (exact) mass is 385 g/mol. The summed E-state index contributed by atoms with van der Waals surface area (Å²) in [6.45, 7) is -0.505. The summed E-state index contributed by atoms with van der Waals surface area (Å²) in [4.78, 5) is 35.9. The number of amides is 1. The third kappa shape index (κ3) is 5.32. The van der Waals surface area contributed by atoms with E-state index in [9.17, 15) is 14.4 Å². The van der Waals surface area contributed by atoms with Crippen molar-refractivity contribution in [2.45, 2.75) is 12.8 Å². The van der Waals surface area contributed by atoms with E-state index in [1.807, 2.05) is 18.2 Å². The van der Waals surface area contributed by atoms with Crippen LogP contribution in [0.5, 0.6) is 0 Å². The van der Waals surface area contributed by atoms with Crippen molar-refractivity contribution in [1.82, 2.24) is 10.2 Å². The van der Waals surface area contributed by atoms with Gasteiger partial charge in [-0.3, -0.25) is 19.7 Å². The Balaban J connectivity index is 1.41. The molecule has 1 aromatic carbocycles. The number of ether oxygens (including phenoxy) is 1. The topological polar surface area (TPSA) is 111 Å². The van der Waals surface area contributed by atoms with Crippen LogP contribution in [0, 0.1) is 0 Å². The summed E-state index contributed by atoms with van der Waals surface area (Å²) in [5, 5.41) is 11.7. The van der Waals surface area contributed by atoms with Gasteiger partial charge in [-0.15, -0.1) is 16.4 Å². The Morgan fingerprint density at radius 3 is 2.59 bits per heavy atom. The van der Waals surface area contributed by atoms with Crippen molar-refractivity contribution in [2.24, 2.45) is 0 Å². The van der Waals surface area contributed by atoms with Crippen LogP contribution in [-0.2, 0) is 14.3 Å². The Morgan fingerprint density at radius 1 is 1.04 bits per heavy atom. The van der Waals surface area contributed by atoms with Gasteiger partial charge >= 0.3 is 12.0 Å². The average molecular weight is 385 g/mol. The minimum Gasteiger partial charge on any atom is -0.456 e. The van der Waals surface area contributed by atoms with Crippen LogP contribution in [0.15, 0.2) is 52.3 Å². The predicted octanol–water partition coefficient (Wildman–Crippen LogP) is 2.94. The number of hydrogen-bond acceptors (Lipinski definition) is 8. The fourth-order valence-corrected chi connectivity index (χ4v) is 2.82. The zero-order chi connectivity index (χ0) is 19.1. The number of aromatic nitrogens is 2. The SMILES string of the molecule is O=C(COC(=O)CCC(=O)c1cccs1)Nc1nnc(-c2ccccc2)o1. The molecule has 138 valence electrons. The molecule has 0 fully saturated rings. The first-order chi connectivity index (χ1) is 13.1. The van der Waals surface area contributed by atoms with Crippen molar-refractivity contribution in [3.05, 3.63) is 52.7 Å². The molecule has 0 atom stereocenters. The number of esters is 1. The van der Waals surface area contributed by atoms with Gasteiger partial charge in [0.2, 0.25) is 5.89 Å². The first kappa shape index (κ1) is 18.5. The van der Waals surface area contributed by atoms with Crippen molar-refractivity contribution >= 4 is 35.0 Å². The van der Waals surface area contributed by atoms with E-state index < -0.39 is 18.5 Å². The zero-order valence-electron chi connectivity index (χ0n) is 14.1. The van der Waals surface area contributed by atoms with E-state index in [0.29, 0.717) is 10.4 Å². The summed E-state index contributed by atoms with van der Waals surface area (Å²) < 4.78 is 10.2. The number of hydrogen-bond donors (Lipinski definition) is 1. The van der Waals surface area contributed by atoms with Gasteiger partial charge in [0.1, 0.15) is 0 Å². The van der Waals surface area contributed by atoms with E-state index in [4.69, 9.17) is 9.15 Å². The molecule has 0 radical (unpaired) electrons. The molecule has 0 aliphatic carbocycles. The van der Waals surface area contributed by atoms with E-state index >= 15 is 0 Å². The van der Waals surface area contributed by atoms with Crippen molar-refractivity contribution in [1.29, 1.82) is 0 Å². The molecule has 2 heterocycles. The number of nitrogens with zero attached hydrogens (tertiary/aromatic N) is 2. The van der Waals surface area contributed by atoms with Gasteiger partial charge in [0, 0.05) is 12.0 Å². The summed E-state index contributed by atoms with van der Waals surface area (Å²) >= 11 is 1.31. The maximum absolute atomic E-state index is 11.8. The summed E-state index contributed by atoms with van der Waals surface area (Å²) in [5.41, 5.74) is 0.715. The zero-order valence-corrected chi connectivity index (χ0v) is 14.9. The highest BCUT2D eigenvalue weighted by atomic mass is 32.1. The Labute approximate surface area is 158 Å². The molecule has 8 nitrogen and oxygen atoms in total. The van der Waals surface area contributed by atoms with Crippen LogP contribution in [0.3, 0.4) is 0 Å². The molecule has 0 saturated carbocycles. The van der Waals surface area contributed by atoms with E-state index in [1.165, 1.54) is 11.3 Å². The molecule has 0 aliphatic heterocycles. The lowest BCUT2D eigenvalue weighted by atomic mass is 10.2. The second-order valence-electron chi connectivity index (χ2n) is 5.39. The van der Waals surface area contributed by atoms with Crippen LogP contribution in [0.25, 0.3) is 11.5 Å². The largest absolute Gasteiger partial charge is 0.456 e. The average Bonchev–Trinajstić information content (AvgIpc) is 3.37. The normalized spacial score (nSPS) is 10.4. The molecule has 0 aliphatic rings. The lowest BCUT2D eigenvalue weighted by molar-refractivity contribution is -0.147. The number of benzene rings is 1. The quantitative estimate of drug-likeness (QED) is 0.469. The maximum Gasteiger partial charge on any atom is 0.322 e. The Kier molecular flexibility index (Phi) is 6.06. The van der Waals surface area contributed by atoms with Gasteiger partial charge in [-0.25, -0.2) is 0 Å². The molecule has 0 spiro atoms. The number of nitrogens with one attached hydrogen (secondary N) is 1. The fraction of sp³-hybridized carbons (Fsp3) is 0.167. The summed E-state index contributed by atoms with van der Waals surface area (Å²) in [5.74, 6) is -1.12. The summed E-state index contributed by atoms with van der Waals surface area (Å²) in [6, 6.07) is 12.4. The Morgan fingerprint density at radius 2 is 1.85 bits per heavy atom. The molecular formula is C18H15N3O5S. The van der Waals surface area contributed by atoms with Gasteiger partial charge < -0.3 is 9.15 Å². The molecule has 9 heteroatoms. The molecular weight excluding hydrogens is 370 g/mol.